The summed E-state index contributed by atoms with van der Waals surface area (Å²) in [5, 5.41) is 0. The molecule has 0 aliphatic rings. The highest BCUT2D eigenvalue weighted by molar-refractivity contribution is 14.1. The molecule has 0 radical (unpaired) electrons. The Morgan fingerprint density at radius 3 is 2.31 bits per heavy atom. The van der Waals surface area contributed by atoms with Crippen molar-refractivity contribution in [3.8, 4) is 0 Å². The Bertz CT molecular complexity index is 446. The first kappa shape index (κ1) is 11.3. The van der Waals surface area contributed by atoms with Gasteiger partial charge in [-0.2, -0.15) is 8.42 Å². The first-order valence-electron chi connectivity index (χ1n) is 2.92. The van der Waals surface area contributed by atoms with E-state index < -0.39 is 20.9 Å². The molecule has 0 aliphatic carbocycles. The summed E-state index contributed by atoms with van der Waals surface area (Å²) in [6, 6.07) is 2.62. The fourth-order valence-electron chi connectivity index (χ4n) is 0.732. The molecule has 0 amide bonds. The van der Waals surface area contributed by atoms with Gasteiger partial charge >= 0.3 is 10.2 Å². The monoisotopic (exact) mass is 382 g/mol. The van der Waals surface area contributed by atoms with Crippen LogP contribution in [0.3, 0.4) is 0 Å². The standard InChI is InChI=1S/C6H2BrF2IO2S/c7-3-1-2-4(10)6(5(3)8)13(9,11)12/h1-2H. The van der Waals surface area contributed by atoms with Gasteiger partial charge in [0.1, 0.15) is 4.90 Å². The molecule has 0 aliphatic heterocycles. The van der Waals surface area contributed by atoms with E-state index in [-0.39, 0.29) is 8.04 Å². The average Bonchev–Trinajstić information content (AvgIpc) is 1.95. The zero-order valence-corrected chi connectivity index (χ0v) is 10.5. The molecule has 0 spiro atoms. The Labute approximate surface area is 95.8 Å². The van der Waals surface area contributed by atoms with Gasteiger partial charge in [0.25, 0.3) is 0 Å². The molecular formula is C6H2BrF2IO2S. The van der Waals surface area contributed by atoms with E-state index in [2.05, 4.69) is 15.9 Å². The fraction of sp³-hybridized carbons (Fsp3) is 0. The predicted molar refractivity (Wildman–Crippen MR) is 55.1 cm³/mol. The Balaban J connectivity index is 3.62. The topological polar surface area (TPSA) is 34.1 Å². The molecule has 2 nitrogen and oxygen atoms in total. The molecule has 7 heteroatoms. The molecular weight excluding hydrogens is 381 g/mol. The first-order chi connectivity index (χ1) is 5.84. The second-order valence-electron chi connectivity index (χ2n) is 2.11. The number of hydrogen-bond donors (Lipinski definition) is 0. The molecule has 0 bridgehead atoms. The van der Waals surface area contributed by atoms with Crippen LogP contribution in [-0.2, 0) is 10.2 Å². The van der Waals surface area contributed by atoms with E-state index in [0.717, 1.165) is 0 Å². The molecule has 1 rings (SSSR count). The molecule has 0 N–H and O–H groups in total. The molecule has 0 heterocycles. The van der Waals surface area contributed by atoms with Gasteiger partial charge in [-0.3, -0.25) is 0 Å². The van der Waals surface area contributed by atoms with E-state index >= 15 is 0 Å². The van der Waals surface area contributed by atoms with E-state index in [9.17, 15) is 16.7 Å². The molecule has 0 saturated heterocycles. The first-order valence-corrected chi connectivity index (χ1v) is 6.17. The Kier molecular flexibility index (Phi) is 3.29. The zero-order chi connectivity index (χ0) is 10.2. The van der Waals surface area contributed by atoms with Crippen LogP contribution in [0.1, 0.15) is 0 Å². The second-order valence-corrected chi connectivity index (χ2v) is 5.41. The number of rotatable bonds is 1. The summed E-state index contributed by atoms with van der Waals surface area (Å²) in [7, 11) is -5.00. The lowest BCUT2D eigenvalue weighted by Crippen LogP contribution is -2.00. The molecule has 0 atom stereocenters. The predicted octanol–water partition coefficient (Wildman–Crippen LogP) is 2.85. The van der Waals surface area contributed by atoms with Crippen molar-refractivity contribution in [2.45, 2.75) is 4.90 Å². The maximum Gasteiger partial charge on any atom is 0.336 e. The van der Waals surface area contributed by atoms with Crippen molar-refractivity contribution >= 4 is 48.7 Å². The minimum absolute atomic E-state index is 0.0146. The molecule has 0 saturated carbocycles. The van der Waals surface area contributed by atoms with Gasteiger partial charge in [0, 0.05) is 3.57 Å². The third kappa shape index (κ3) is 2.38. The maximum atomic E-state index is 13.1. The Hall–Kier alpha value is 0.240. The van der Waals surface area contributed by atoms with Crippen LogP contribution in [0.25, 0.3) is 0 Å². The van der Waals surface area contributed by atoms with Crippen LogP contribution < -0.4 is 0 Å². The SMILES string of the molecule is O=S(=O)(F)c1c(I)ccc(Br)c1F. The minimum atomic E-state index is -5.00. The second kappa shape index (κ2) is 3.77. The third-order valence-electron chi connectivity index (χ3n) is 1.25. The van der Waals surface area contributed by atoms with Crippen LogP contribution in [-0.4, -0.2) is 8.42 Å². The summed E-state index contributed by atoms with van der Waals surface area (Å²) in [5.41, 5.74) is 0. The van der Waals surface area contributed by atoms with Gasteiger partial charge < -0.3 is 0 Å². The van der Waals surface area contributed by atoms with Crippen LogP contribution >= 0.6 is 38.5 Å². The van der Waals surface area contributed by atoms with Crippen molar-refractivity contribution in [1.82, 2.24) is 0 Å². The lowest BCUT2D eigenvalue weighted by atomic mass is 10.3. The molecule has 1 aromatic carbocycles. The van der Waals surface area contributed by atoms with Crippen molar-refractivity contribution in [2.75, 3.05) is 0 Å². The van der Waals surface area contributed by atoms with Gasteiger partial charge in [-0.25, -0.2) is 4.39 Å². The Morgan fingerprint density at radius 2 is 1.92 bits per heavy atom. The Morgan fingerprint density at radius 1 is 1.38 bits per heavy atom. The van der Waals surface area contributed by atoms with Gasteiger partial charge in [0.2, 0.25) is 0 Å². The third-order valence-corrected chi connectivity index (χ3v) is 4.01. The van der Waals surface area contributed by atoms with E-state index in [1.54, 1.807) is 22.6 Å². The summed E-state index contributed by atoms with van der Waals surface area (Å²) < 4.78 is 46.5. The fourth-order valence-corrected chi connectivity index (χ4v) is 3.02. The quantitative estimate of drug-likeness (QED) is 0.425. The van der Waals surface area contributed by atoms with E-state index in [1.807, 2.05) is 0 Å². The van der Waals surface area contributed by atoms with Gasteiger partial charge in [0.05, 0.1) is 4.47 Å². The van der Waals surface area contributed by atoms with Crippen molar-refractivity contribution in [3.63, 3.8) is 0 Å². The lowest BCUT2D eigenvalue weighted by molar-refractivity contribution is 0.530. The van der Waals surface area contributed by atoms with Crippen molar-refractivity contribution in [1.29, 1.82) is 0 Å². The van der Waals surface area contributed by atoms with Gasteiger partial charge in [-0.1, -0.05) is 0 Å². The van der Waals surface area contributed by atoms with Crippen LogP contribution in [0.5, 0.6) is 0 Å². The summed E-state index contributed by atoms with van der Waals surface area (Å²) >= 11 is 4.31. The lowest BCUT2D eigenvalue weighted by Gasteiger charge is -2.02. The van der Waals surface area contributed by atoms with Crippen LogP contribution in [0.15, 0.2) is 21.5 Å². The molecule has 0 fully saturated rings. The maximum absolute atomic E-state index is 13.1. The van der Waals surface area contributed by atoms with E-state index in [1.165, 1.54) is 12.1 Å². The summed E-state index contributed by atoms with van der Waals surface area (Å²) in [6.45, 7) is 0. The largest absolute Gasteiger partial charge is 0.336 e. The van der Waals surface area contributed by atoms with E-state index in [0.29, 0.717) is 0 Å². The van der Waals surface area contributed by atoms with Crippen molar-refractivity contribution in [3.05, 3.63) is 26.0 Å². The number of hydrogen-bond acceptors (Lipinski definition) is 2. The summed E-state index contributed by atoms with van der Waals surface area (Å²) in [5.74, 6) is -1.10. The van der Waals surface area contributed by atoms with Crippen LogP contribution in [0.4, 0.5) is 8.28 Å². The smallest absolute Gasteiger partial charge is 0.204 e. The molecule has 1 aromatic rings. The number of benzene rings is 1. The molecule has 72 valence electrons. The normalized spacial score (nSPS) is 11.7. The van der Waals surface area contributed by atoms with Gasteiger partial charge in [-0.15, -0.1) is 3.89 Å². The highest BCUT2D eigenvalue weighted by Crippen LogP contribution is 2.28. The average molecular weight is 383 g/mol. The van der Waals surface area contributed by atoms with Gasteiger partial charge in [0.15, 0.2) is 5.82 Å². The van der Waals surface area contributed by atoms with Crippen LogP contribution in [0, 0.1) is 9.39 Å². The molecule has 0 aromatic heterocycles. The summed E-state index contributed by atoms with van der Waals surface area (Å²) in [4.78, 5) is -0.914. The highest BCUT2D eigenvalue weighted by atomic mass is 127. The number of halogens is 4. The molecule has 0 unspecified atom stereocenters. The summed E-state index contributed by atoms with van der Waals surface area (Å²) in [6.07, 6.45) is 0. The van der Waals surface area contributed by atoms with Gasteiger partial charge in [-0.05, 0) is 50.7 Å². The van der Waals surface area contributed by atoms with Crippen LogP contribution in [0.2, 0.25) is 0 Å². The minimum Gasteiger partial charge on any atom is -0.204 e. The van der Waals surface area contributed by atoms with E-state index in [4.69, 9.17) is 0 Å². The highest BCUT2D eigenvalue weighted by Gasteiger charge is 2.23. The van der Waals surface area contributed by atoms with Crippen molar-refractivity contribution in [2.24, 2.45) is 0 Å². The molecule has 13 heavy (non-hydrogen) atoms. The van der Waals surface area contributed by atoms with Crippen molar-refractivity contribution < 1.29 is 16.7 Å². The zero-order valence-electron chi connectivity index (χ0n) is 5.89.